The molecular weight excluding hydrogens is 136 g/mol. The van der Waals surface area contributed by atoms with Gasteiger partial charge in [0.1, 0.15) is 5.15 Å². The van der Waals surface area contributed by atoms with Crippen molar-refractivity contribution < 1.29 is 0 Å². The van der Waals surface area contributed by atoms with E-state index in [0.717, 1.165) is 0 Å². The first-order valence-corrected chi connectivity index (χ1v) is 3.32. The van der Waals surface area contributed by atoms with Gasteiger partial charge in [0.15, 0.2) is 0 Å². The van der Waals surface area contributed by atoms with Gasteiger partial charge in [-0.05, 0) is 6.07 Å². The van der Waals surface area contributed by atoms with E-state index in [1.165, 1.54) is 0 Å². The number of aromatic nitrogens is 2. The average molecular weight is 147 g/mol. The van der Waals surface area contributed by atoms with Crippen molar-refractivity contribution in [2.45, 2.75) is 13.8 Å². The molecule has 0 aromatic carbocycles. The summed E-state index contributed by atoms with van der Waals surface area (Å²) in [5.41, 5.74) is 0. The molecule has 52 valence electrons. The molecular formula is C6H11ClN2. The molecule has 3 heteroatoms. The van der Waals surface area contributed by atoms with Crippen LogP contribution in [-0.2, 0) is 7.05 Å². The zero-order valence-electron chi connectivity index (χ0n) is 5.93. The molecule has 0 unspecified atom stereocenters. The summed E-state index contributed by atoms with van der Waals surface area (Å²) in [4.78, 5) is 0. The first-order chi connectivity index (χ1) is 4.30. The van der Waals surface area contributed by atoms with Gasteiger partial charge in [0.2, 0.25) is 0 Å². The minimum absolute atomic E-state index is 0.667. The van der Waals surface area contributed by atoms with E-state index in [1.54, 1.807) is 24.0 Å². The van der Waals surface area contributed by atoms with Gasteiger partial charge in [-0.25, -0.2) is 0 Å². The molecule has 0 bridgehead atoms. The Bertz CT molecular complexity index is 143. The molecule has 0 amide bonds. The Morgan fingerprint density at radius 1 is 1.56 bits per heavy atom. The van der Waals surface area contributed by atoms with Crippen LogP contribution in [0.5, 0.6) is 0 Å². The van der Waals surface area contributed by atoms with Crippen LogP contribution in [0.1, 0.15) is 13.8 Å². The van der Waals surface area contributed by atoms with Crippen molar-refractivity contribution in [1.29, 1.82) is 0 Å². The van der Waals surface area contributed by atoms with Crippen molar-refractivity contribution in [2.75, 3.05) is 0 Å². The van der Waals surface area contributed by atoms with Gasteiger partial charge in [-0.2, -0.15) is 5.10 Å². The molecule has 2 nitrogen and oxygen atoms in total. The highest BCUT2D eigenvalue weighted by Crippen LogP contribution is 2.01. The Balaban J connectivity index is 0.000000291. The first-order valence-electron chi connectivity index (χ1n) is 2.94. The number of hydrogen-bond acceptors (Lipinski definition) is 1. The molecule has 0 N–H and O–H groups in total. The van der Waals surface area contributed by atoms with Gasteiger partial charge in [-0.3, -0.25) is 4.68 Å². The third-order valence-electron chi connectivity index (χ3n) is 0.761. The SMILES string of the molecule is CC.Cn1nccc1Cl. The highest BCUT2D eigenvalue weighted by atomic mass is 35.5. The molecule has 0 fully saturated rings. The Kier molecular flexibility index (Phi) is 4.14. The smallest absolute Gasteiger partial charge is 0.126 e. The lowest BCUT2D eigenvalue weighted by Gasteiger charge is -1.84. The van der Waals surface area contributed by atoms with Crippen LogP contribution in [0.2, 0.25) is 5.15 Å². The quantitative estimate of drug-likeness (QED) is 0.548. The molecule has 0 aliphatic heterocycles. The minimum atomic E-state index is 0.667. The van der Waals surface area contributed by atoms with Crippen LogP contribution >= 0.6 is 11.6 Å². The van der Waals surface area contributed by atoms with E-state index in [2.05, 4.69) is 5.10 Å². The van der Waals surface area contributed by atoms with E-state index >= 15 is 0 Å². The van der Waals surface area contributed by atoms with Crippen LogP contribution in [0.15, 0.2) is 12.3 Å². The van der Waals surface area contributed by atoms with Gasteiger partial charge >= 0.3 is 0 Å². The van der Waals surface area contributed by atoms with Crippen LogP contribution in [0.3, 0.4) is 0 Å². The molecule has 9 heavy (non-hydrogen) atoms. The zero-order valence-corrected chi connectivity index (χ0v) is 6.68. The number of halogens is 1. The molecule has 0 aliphatic carbocycles. The summed E-state index contributed by atoms with van der Waals surface area (Å²) in [7, 11) is 1.79. The third kappa shape index (κ3) is 2.51. The number of aryl methyl sites for hydroxylation is 1. The fourth-order valence-corrected chi connectivity index (χ4v) is 0.458. The van der Waals surface area contributed by atoms with E-state index in [1.807, 2.05) is 13.8 Å². The number of rotatable bonds is 0. The Hall–Kier alpha value is -0.500. The molecule has 0 radical (unpaired) electrons. The van der Waals surface area contributed by atoms with Crippen molar-refractivity contribution in [3.8, 4) is 0 Å². The van der Waals surface area contributed by atoms with Crippen LogP contribution in [-0.4, -0.2) is 9.78 Å². The van der Waals surface area contributed by atoms with Gasteiger partial charge in [-0.15, -0.1) is 0 Å². The first kappa shape index (κ1) is 8.50. The largest absolute Gasteiger partial charge is 0.257 e. The maximum absolute atomic E-state index is 5.52. The maximum Gasteiger partial charge on any atom is 0.126 e. The van der Waals surface area contributed by atoms with Crippen LogP contribution in [0, 0.1) is 0 Å². The molecule has 1 aromatic rings. The van der Waals surface area contributed by atoms with Gasteiger partial charge in [0, 0.05) is 7.05 Å². The van der Waals surface area contributed by atoms with Crippen molar-refractivity contribution in [1.82, 2.24) is 9.78 Å². The summed E-state index contributed by atoms with van der Waals surface area (Å²) >= 11 is 5.52. The topological polar surface area (TPSA) is 17.8 Å². The van der Waals surface area contributed by atoms with Crippen molar-refractivity contribution in [2.24, 2.45) is 7.05 Å². The predicted molar refractivity (Wildman–Crippen MR) is 39.6 cm³/mol. The highest BCUT2D eigenvalue weighted by Gasteiger charge is 1.86. The van der Waals surface area contributed by atoms with E-state index in [9.17, 15) is 0 Å². The lowest BCUT2D eigenvalue weighted by molar-refractivity contribution is 0.768. The normalized spacial score (nSPS) is 8.00. The van der Waals surface area contributed by atoms with Crippen LogP contribution in [0.4, 0.5) is 0 Å². The molecule has 0 spiro atoms. The van der Waals surface area contributed by atoms with Gasteiger partial charge < -0.3 is 0 Å². The molecule has 1 rings (SSSR count). The lowest BCUT2D eigenvalue weighted by Crippen LogP contribution is -1.86. The molecule has 0 saturated carbocycles. The van der Waals surface area contributed by atoms with E-state index < -0.39 is 0 Å². The second kappa shape index (κ2) is 4.39. The van der Waals surface area contributed by atoms with E-state index in [-0.39, 0.29) is 0 Å². The van der Waals surface area contributed by atoms with E-state index in [4.69, 9.17) is 11.6 Å². The monoisotopic (exact) mass is 146 g/mol. The number of hydrogen-bond donors (Lipinski definition) is 0. The predicted octanol–water partition coefficient (Wildman–Crippen LogP) is 2.10. The molecule has 1 heterocycles. The molecule has 0 atom stereocenters. The second-order valence-electron chi connectivity index (χ2n) is 1.28. The Labute approximate surface area is 60.4 Å². The standard InChI is InChI=1S/C4H5ClN2.C2H6/c1-7-4(5)2-3-6-7;1-2/h2-3H,1H3;1-2H3. The summed E-state index contributed by atoms with van der Waals surface area (Å²) in [6.45, 7) is 4.00. The molecule has 0 saturated heterocycles. The maximum atomic E-state index is 5.52. The molecule has 1 aromatic heterocycles. The second-order valence-corrected chi connectivity index (χ2v) is 1.66. The fourth-order valence-electron chi connectivity index (χ4n) is 0.358. The van der Waals surface area contributed by atoms with Gasteiger partial charge in [0.25, 0.3) is 0 Å². The number of nitrogens with zero attached hydrogens (tertiary/aromatic N) is 2. The minimum Gasteiger partial charge on any atom is -0.257 e. The average Bonchev–Trinajstić information content (AvgIpc) is 2.23. The van der Waals surface area contributed by atoms with Crippen molar-refractivity contribution in [3.05, 3.63) is 17.4 Å². The van der Waals surface area contributed by atoms with Crippen molar-refractivity contribution in [3.63, 3.8) is 0 Å². The van der Waals surface area contributed by atoms with Crippen LogP contribution < -0.4 is 0 Å². The lowest BCUT2D eigenvalue weighted by atomic mass is 10.7. The van der Waals surface area contributed by atoms with Gasteiger partial charge in [0.05, 0.1) is 6.20 Å². The third-order valence-corrected chi connectivity index (χ3v) is 1.13. The fraction of sp³-hybridized carbons (Fsp3) is 0.500. The van der Waals surface area contributed by atoms with E-state index in [0.29, 0.717) is 5.15 Å². The summed E-state index contributed by atoms with van der Waals surface area (Å²) < 4.78 is 1.60. The summed E-state index contributed by atoms with van der Waals surface area (Å²) in [6.07, 6.45) is 1.66. The van der Waals surface area contributed by atoms with Crippen LogP contribution in [0.25, 0.3) is 0 Å². The van der Waals surface area contributed by atoms with Crippen molar-refractivity contribution >= 4 is 11.6 Å². The summed E-state index contributed by atoms with van der Waals surface area (Å²) in [5.74, 6) is 0. The highest BCUT2D eigenvalue weighted by molar-refractivity contribution is 6.29. The molecule has 0 aliphatic rings. The Morgan fingerprint density at radius 2 is 2.11 bits per heavy atom. The van der Waals surface area contributed by atoms with Gasteiger partial charge in [-0.1, -0.05) is 25.4 Å². The zero-order chi connectivity index (χ0) is 7.28. The summed E-state index contributed by atoms with van der Waals surface area (Å²) in [5, 5.41) is 4.47. The Morgan fingerprint density at radius 3 is 2.22 bits per heavy atom. The summed E-state index contributed by atoms with van der Waals surface area (Å²) in [6, 6.07) is 1.74.